The summed E-state index contributed by atoms with van der Waals surface area (Å²) in [5.74, 6) is -1.43. The van der Waals surface area contributed by atoms with Gasteiger partial charge in [0.1, 0.15) is 0 Å². The number of aryl methyl sites for hydroxylation is 1. The van der Waals surface area contributed by atoms with Gasteiger partial charge in [0.25, 0.3) is 0 Å². The minimum atomic E-state index is -5.08. The summed E-state index contributed by atoms with van der Waals surface area (Å²) in [6, 6.07) is 10.1. The predicted octanol–water partition coefficient (Wildman–Crippen LogP) is 2.59. The van der Waals surface area contributed by atoms with E-state index in [1.54, 1.807) is 0 Å². The largest absolute Gasteiger partial charge is 0.490 e. The molecule has 156 valence electrons. The van der Waals surface area contributed by atoms with Crippen molar-refractivity contribution in [1.29, 1.82) is 0 Å². The number of nitrogens with one attached hydrogen (secondary N) is 1. The molecule has 0 bridgehead atoms. The van der Waals surface area contributed by atoms with Crippen LogP contribution in [-0.2, 0) is 24.3 Å². The summed E-state index contributed by atoms with van der Waals surface area (Å²) >= 11 is 0. The molecule has 3 aromatic rings. The first-order valence-corrected chi connectivity index (χ1v) is 8.59. The van der Waals surface area contributed by atoms with Gasteiger partial charge in [-0.25, -0.2) is 4.79 Å². The summed E-state index contributed by atoms with van der Waals surface area (Å²) in [5, 5.41) is 18.6. The predicted molar refractivity (Wildman–Crippen MR) is 95.9 cm³/mol. The number of carboxylic acid groups (broad SMARTS) is 1. The van der Waals surface area contributed by atoms with Gasteiger partial charge in [0.05, 0.1) is 19.3 Å². The second kappa shape index (κ2) is 10.4. The van der Waals surface area contributed by atoms with E-state index < -0.39 is 12.1 Å². The summed E-state index contributed by atoms with van der Waals surface area (Å²) in [4.78, 5) is 13.3. The van der Waals surface area contributed by atoms with Crippen molar-refractivity contribution in [3.63, 3.8) is 0 Å². The Morgan fingerprint density at radius 1 is 1.28 bits per heavy atom. The topological polar surface area (TPSA) is 106 Å². The zero-order valence-electron chi connectivity index (χ0n) is 15.6. The first-order chi connectivity index (χ1) is 13.7. The molecule has 1 aromatic carbocycles. The van der Waals surface area contributed by atoms with E-state index in [9.17, 15) is 13.2 Å². The molecular formula is C18H20F3N5O3. The van der Waals surface area contributed by atoms with Gasteiger partial charge in [-0.2, -0.15) is 23.3 Å². The highest BCUT2D eigenvalue weighted by atomic mass is 19.4. The van der Waals surface area contributed by atoms with Gasteiger partial charge in [-0.15, -0.1) is 0 Å². The zero-order chi connectivity index (χ0) is 21.3. The molecular weight excluding hydrogens is 391 g/mol. The molecule has 3 rings (SSSR count). The SMILES string of the molecule is Cc1cnn(CCNCc2nc(Cc3ccccc3)no2)c1.O=C(O)C(F)(F)F. The number of halogens is 3. The number of hydrogen-bond donors (Lipinski definition) is 2. The van der Waals surface area contributed by atoms with Crippen LogP contribution < -0.4 is 5.32 Å². The number of hydrogen-bond acceptors (Lipinski definition) is 6. The van der Waals surface area contributed by atoms with Crippen molar-refractivity contribution in [3.05, 3.63) is 65.6 Å². The molecule has 0 radical (unpaired) electrons. The molecule has 0 amide bonds. The molecule has 0 aliphatic heterocycles. The van der Waals surface area contributed by atoms with Crippen LogP contribution in [-0.4, -0.2) is 43.7 Å². The molecule has 2 heterocycles. The number of benzene rings is 1. The second-order valence-corrected chi connectivity index (χ2v) is 6.03. The lowest BCUT2D eigenvalue weighted by atomic mass is 10.1. The molecule has 2 N–H and O–H groups in total. The van der Waals surface area contributed by atoms with E-state index in [0.717, 1.165) is 13.1 Å². The van der Waals surface area contributed by atoms with Crippen LogP contribution in [0, 0.1) is 6.92 Å². The Hall–Kier alpha value is -3.21. The average molecular weight is 411 g/mol. The van der Waals surface area contributed by atoms with Gasteiger partial charge in [-0.05, 0) is 18.1 Å². The summed E-state index contributed by atoms with van der Waals surface area (Å²) in [6.07, 6.45) is -0.517. The van der Waals surface area contributed by atoms with Crippen LogP contribution in [0.4, 0.5) is 13.2 Å². The Morgan fingerprint density at radius 3 is 2.55 bits per heavy atom. The fourth-order valence-corrected chi connectivity index (χ4v) is 2.19. The fourth-order valence-electron chi connectivity index (χ4n) is 2.19. The first-order valence-electron chi connectivity index (χ1n) is 8.59. The molecule has 0 saturated carbocycles. The van der Waals surface area contributed by atoms with Gasteiger partial charge >= 0.3 is 12.1 Å². The van der Waals surface area contributed by atoms with Gasteiger partial charge < -0.3 is 14.9 Å². The van der Waals surface area contributed by atoms with E-state index in [-0.39, 0.29) is 0 Å². The van der Waals surface area contributed by atoms with Crippen molar-refractivity contribution in [1.82, 2.24) is 25.2 Å². The second-order valence-electron chi connectivity index (χ2n) is 6.03. The summed E-state index contributed by atoms with van der Waals surface area (Å²) in [5.41, 5.74) is 2.35. The number of alkyl halides is 3. The summed E-state index contributed by atoms with van der Waals surface area (Å²) in [6.45, 7) is 4.22. The first kappa shape index (κ1) is 22.1. The zero-order valence-corrected chi connectivity index (χ0v) is 15.6. The third kappa shape index (κ3) is 8.13. The molecule has 0 atom stereocenters. The van der Waals surface area contributed by atoms with Crippen molar-refractivity contribution in [2.24, 2.45) is 0 Å². The van der Waals surface area contributed by atoms with Crippen LogP contribution in [0.5, 0.6) is 0 Å². The van der Waals surface area contributed by atoms with E-state index >= 15 is 0 Å². The Bertz CT molecular complexity index is 894. The monoisotopic (exact) mass is 411 g/mol. The van der Waals surface area contributed by atoms with Crippen molar-refractivity contribution in [2.75, 3.05) is 6.54 Å². The molecule has 2 aromatic heterocycles. The van der Waals surface area contributed by atoms with Crippen molar-refractivity contribution >= 4 is 5.97 Å². The molecule has 8 nitrogen and oxygen atoms in total. The van der Waals surface area contributed by atoms with E-state index in [1.807, 2.05) is 42.2 Å². The Morgan fingerprint density at radius 2 is 1.97 bits per heavy atom. The van der Waals surface area contributed by atoms with Crippen LogP contribution in [0.15, 0.2) is 47.2 Å². The molecule has 0 spiro atoms. The molecule has 11 heteroatoms. The molecule has 0 fully saturated rings. The molecule has 29 heavy (non-hydrogen) atoms. The standard InChI is InChI=1S/C16H19N5O.C2HF3O2/c1-13-10-18-21(12-13)8-7-17-11-16-19-15(20-22-16)9-14-5-3-2-4-6-14;3-2(4,5)1(6)7/h2-6,10,12,17H,7-9,11H2,1H3;(H,6,7). The Kier molecular flexibility index (Phi) is 7.89. The van der Waals surface area contributed by atoms with E-state index in [4.69, 9.17) is 14.4 Å². The molecule has 0 aliphatic rings. The quantitative estimate of drug-likeness (QED) is 0.576. The van der Waals surface area contributed by atoms with Gasteiger partial charge in [-0.3, -0.25) is 4.68 Å². The number of carboxylic acids is 1. The lowest BCUT2D eigenvalue weighted by molar-refractivity contribution is -0.192. The lowest BCUT2D eigenvalue weighted by Crippen LogP contribution is -2.21. The number of aliphatic carboxylic acids is 1. The summed E-state index contributed by atoms with van der Waals surface area (Å²) in [7, 11) is 0. The van der Waals surface area contributed by atoms with E-state index in [1.165, 1.54) is 11.1 Å². The highest BCUT2D eigenvalue weighted by Gasteiger charge is 2.38. The van der Waals surface area contributed by atoms with Crippen molar-refractivity contribution < 1.29 is 27.6 Å². The van der Waals surface area contributed by atoms with Crippen LogP contribution in [0.1, 0.15) is 22.8 Å². The van der Waals surface area contributed by atoms with Gasteiger partial charge in [0.2, 0.25) is 5.89 Å². The molecule has 0 aliphatic carbocycles. The van der Waals surface area contributed by atoms with E-state index in [2.05, 4.69) is 32.7 Å². The fraction of sp³-hybridized carbons (Fsp3) is 0.333. The maximum Gasteiger partial charge on any atom is 0.490 e. The number of carbonyl (C=O) groups is 1. The average Bonchev–Trinajstić information content (AvgIpc) is 3.28. The van der Waals surface area contributed by atoms with Crippen LogP contribution in [0.25, 0.3) is 0 Å². The maximum absolute atomic E-state index is 10.6. The van der Waals surface area contributed by atoms with Gasteiger partial charge in [0.15, 0.2) is 5.82 Å². The highest BCUT2D eigenvalue weighted by Crippen LogP contribution is 2.13. The minimum Gasteiger partial charge on any atom is -0.475 e. The Labute approximate surface area is 164 Å². The number of nitrogens with zero attached hydrogens (tertiary/aromatic N) is 4. The maximum atomic E-state index is 10.6. The lowest BCUT2D eigenvalue weighted by Gasteiger charge is -2.01. The molecule has 0 unspecified atom stereocenters. The summed E-state index contributed by atoms with van der Waals surface area (Å²) < 4.78 is 38.9. The van der Waals surface area contributed by atoms with Crippen LogP contribution in [0.2, 0.25) is 0 Å². The van der Waals surface area contributed by atoms with Gasteiger partial charge in [-0.1, -0.05) is 35.5 Å². The molecule has 0 saturated heterocycles. The van der Waals surface area contributed by atoms with E-state index in [0.29, 0.717) is 24.7 Å². The van der Waals surface area contributed by atoms with Crippen molar-refractivity contribution in [2.45, 2.75) is 32.6 Å². The third-order valence-electron chi connectivity index (χ3n) is 3.51. The highest BCUT2D eigenvalue weighted by molar-refractivity contribution is 5.73. The minimum absolute atomic E-state index is 0.571. The van der Waals surface area contributed by atoms with Crippen LogP contribution in [0.3, 0.4) is 0 Å². The number of aromatic nitrogens is 4. The smallest absolute Gasteiger partial charge is 0.475 e. The Balaban J connectivity index is 0.000000370. The third-order valence-corrected chi connectivity index (χ3v) is 3.51. The van der Waals surface area contributed by atoms with Crippen LogP contribution >= 0.6 is 0 Å². The van der Waals surface area contributed by atoms with Gasteiger partial charge in [0, 0.05) is 19.2 Å². The normalized spacial score (nSPS) is 11.0. The van der Waals surface area contributed by atoms with Crippen molar-refractivity contribution in [3.8, 4) is 0 Å². The number of rotatable bonds is 7.